The van der Waals surface area contributed by atoms with Crippen LogP contribution in [-0.4, -0.2) is 42.1 Å². The Hall–Kier alpha value is -1.95. The molecule has 0 fully saturated rings. The van der Waals surface area contributed by atoms with Gasteiger partial charge in [0.15, 0.2) is 5.78 Å². The smallest absolute Gasteiger partial charge is 0.305 e. The Balaban J connectivity index is 3.48. The molecule has 6 heteroatoms. The lowest BCUT2D eigenvalue weighted by Crippen LogP contribution is -2.25. The van der Waals surface area contributed by atoms with E-state index >= 15 is 0 Å². The molecule has 0 amide bonds. The molecule has 0 spiro atoms. The van der Waals surface area contributed by atoms with Crippen LogP contribution in [0.4, 0.5) is 0 Å². The molecule has 0 rings (SSSR count). The number of hydrogen-bond donors (Lipinski definition) is 1. The van der Waals surface area contributed by atoms with Gasteiger partial charge in [-0.2, -0.15) is 0 Å². The molecule has 0 bridgehead atoms. The van der Waals surface area contributed by atoms with E-state index in [1.54, 1.807) is 6.08 Å². The predicted octanol–water partition coefficient (Wildman–Crippen LogP) is 11.7. The van der Waals surface area contributed by atoms with Crippen molar-refractivity contribution >= 4 is 17.7 Å². The SMILES string of the molecule is CCCCCC(=O)/C=C/C=C\CCCCCCCC(=O)OC[C@@H](O)COC(=O)CCCCCCCCCCCCCCCCC(C)CC. The molecular weight excluding hydrogens is 600 g/mol. The van der Waals surface area contributed by atoms with E-state index in [-0.39, 0.29) is 30.9 Å². The minimum atomic E-state index is -0.987. The van der Waals surface area contributed by atoms with Gasteiger partial charge in [-0.15, -0.1) is 0 Å². The quantitative estimate of drug-likeness (QED) is 0.0307. The highest BCUT2D eigenvalue weighted by Crippen LogP contribution is 2.16. The van der Waals surface area contributed by atoms with E-state index < -0.39 is 6.10 Å². The van der Waals surface area contributed by atoms with Crippen LogP contribution in [0.15, 0.2) is 24.3 Å². The Morgan fingerprint density at radius 2 is 1.00 bits per heavy atom. The lowest BCUT2D eigenvalue weighted by atomic mass is 9.99. The van der Waals surface area contributed by atoms with Crippen LogP contribution in [-0.2, 0) is 23.9 Å². The van der Waals surface area contributed by atoms with E-state index in [1.807, 2.05) is 12.2 Å². The van der Waals surface area contributed by atoms with Crippen molar-refractivity contribution in [2.75, 3.05) is 13.2 Å². The number of aliphatic hydroxyl groups excluding tert-OH is 1. The van der Waals surface area contributed by atoms with E-state index in [4.69, 9.17) is 9.47 Å². The molecule has 0 aromatic rings. The molecule has 6 nitrogen and oxygen atoms in total. The van der Waals surface area contributed by atoms with E-state index in [1.165, 1.54) is 83.5 Å². The second-order valence-corrected chi connectivity index (χ2v) is 14.0. The molecule has 0 aliphatic heterocycles. The molecule has 0 aromatic heterocycles. The number of hydrogen-bond acceptors (Lipinski definition) is 6. The number of ketones is 1. The minimum Gasteiger partial charge on any atom is -0.463 e. The highest BCUT2D eigenvalue weighted by Gasteiger charge is 2.12. The number of carbonyl (C=O) groups excluding carboxylic acids is 3. The Morgan fingerprint density at radius 3 is 1.48 bits per heavy atom. The van der Waals surface area contributed by atoms with Gasteiger partial charge in [0.05, 0.1) is 0 Å². The van der Waals surface area contributed by atoms with Gasteiger partial charge in [0.1, 0.15) is 19.3 Å². The summed E-state index contributed by atoms with van der Waals surface area (Å²) < 4.78 is 10.3. The zero-order valence-electron chi connectivity index (χ0n) is 31.7. The second kappa shape index (κ2) is 36.3. The summed E-state index contributed by atoms with van der Waals surface area (Å²) in [7, 11) is 0. The Bertz CT molecular complexity index is 804. The molecule has 1 N–H and O–H groups in total. The van der Waals surface area contributed by atoms with Crippen LogP contribution in [0, 0.1) is 5.92 Å². The standard InChI is InChI=1S/C42H76O6/c1-4-6-26-32-39(43)33-28-23-19-15-13-17-21-25-30-35-42(46)48-37-40(44)36-47-41(45)34-29-24-20-16-12-10-8-7-9-11-14-18-22-27-31-38(3)5-2/h19,23,28,33,38,40,44H,4-18,20-22,24-27,29-32,34-37H2,1-3H3/b23-19-,33-28+/t38?,40-/m0/s1. The summed E-state index contributed by atoms with van der Waals surface area (Å²) in [6.07, 6.45) is 37.8. The molecular formula is C42H76O6. The molecule has 0 radical (unpaired) electrons. The van der Waals surface area contributed by atoms with E-state index in [9.17, 15) is 19.5 Å². The van der Waals surface area contributed by atoms with Crippen molar-refractivity contribution in [3.8, 4) is 0 Å². The normalized spacial score (nSPS) is 12.9. The predicted molar refractivity (Wildman–Crippen MR) is 201 cm³/mol. The van der Waals surface area contributed by atoms with Crippen molar-refractivity contribution in [2.24, 2.45) is 5.92 Å². The zero-order valence-corrected chi connectivity index (χ0v) is 31.7. The third kappa shape index (κ3) is 35.4. The third-order valence-electron chi connectivity index (χ3n) is 9.21. The lowest BCUT2D eigenvalue weighted by molar-refractivity contribution is -0.152. The van der Waals surface area contributed by atoms with E-state index in [0.29, 0.717) is 19.3 Å². The Kier molecular flexibility index (Phi) is 34.9. The molecule has 0 saturated heterocycles. The van der Waals surface area contributed by atoms with Gasteiger partial charge in [-0.1, -0.05) is 167 Å². The van der Waals surface area contributed by atoms with Gasteiger partial charge in [-0.25, -0.2) is 0 Å². The second-order valence-electron chi connectivity index (χ2n) is 14.0. The number of unbranched alkanes of at least 4 members (excludes halogenated alkanes) is 20. The Labute approximate surface area is 296 Å². The molecule has 0 saturated carbocycles. The lowest BCUT2D eigenvalue weighted by Gasteiger charge is -2.12. The molecule has 0 aliphatic carbocycles. The van der Waals surface area contributed by atoms with Crippen LogP contribution in [0.1, 0.15) is 201 Å². The summed E-state index contributed by atoms with van der Waals surface area (Å²) in [6.45, 7) is 6.51. The van der Waals surface area contributed by atoms with Crippen molar-refractivity contribution in [3.05, 3.63) is 24.3 Å². The first-order valence-corrected chi connectivity index (χ1v) is 20.2. The topological polar surface area (TPSA) is 89.9 Å². The van der Waals surface area contributed by atoms with Crippen molar-refractivity contribution < 1.29 is 29.0 Å². The minimum absolute atomic E-state index is 0.135. The number of esters is 2. The summed E-state index contributed by atoms with van der Waals surface area (Å²) in [5.74, 6) is 0.479. The number of carbonyl (C=O) groups is 3. The molecule has 0 aromatic carbocycles. The van der Waals surface area contributed by atoms with Crippen molar-refractivity contribution in [2.45, 2.75) is 207 Å². The van der Waals surface area contributed by atoms with Crippen LogP contribution < -0.4 is 0 Å². The highest BCUT2D eigenvalue weighted by atomic mass is 16.6. The van der Waals surface area contributed by atoms with Crippen LogP contribution in [0.3, 0.4) is 0 Å². The van der Waals surface area contributed by atoms with Crippen molar-refractivity contribution in [1.82, 2.24) is 0 Å². The summed E-state index contributed by atoms with van der Waals surface area (Å²) in [5, 5.41) is 10.0. The molecule has 48 heavy (non-hydrogen) atoms. The molecule has 0 heterocycles. The third-order valence-corrected chi connectivity index (χ3v) is 9.21. The maximum absolute atomic E-state index is 12.0. The van der Waals surface area contributed by atoms with E-state index in [2.05, 4.69) is 26.8 Å². The fourth-order valence-corrected chi connectivity index (χ4v) is 5.69. The molecule has 0 aliphatic rings. The van der Waals surface area contributed by atoms with Crippen LogP contribution in [0.2, 0.25) is 0 Å². The summed E-state index contributed by atoms with van der Waals surface area (Å²) in [5.41, 5.74) is 0. The van der Waals surface area contributed by atoms with Gasteiger partial charge in [0, 0.05) is 19.3 Å². The van der Waals surface area contributed by atoms with Gasteiger partial charge < -0.3 is 14.6 Å². The van der Waals surface area contributed by atoms with Gasteiger partial charge in [-0.3, -0.25) is 14.4 Å². The zero-order chi connectivity index (χ0) is 35.3. The summed E-state index contributed by atoms with van der Waals surface area (Å²) in [6, 6.07) is 0. The van der Waals surface area contributed by atoms with Gasteiger partial charge in [0.2, 0.25) is 0 Å². The van der Waals surface area contributed by atoms with Crippen LogP contribution in [0.25, 0.3) is 0 Å². The van der Waals surface area contributed by atoms with Gasteiger partial charge in [-0.05, 0) is 44.1 Å². The number of aliphatic hydroxyl groups is 1. The average molecular weight is 677 g/mol. The van der Waals surface area contributed by atoms with Gasteiger partial charge >= 0.3 is 11.9 Å². The average Bonchev–Trinajstić information content (AvgIpc) is 3.08. The number of allylic oxidation sites excluding steroid dienone is 4. The van der Waals surface area contributed by atoms with Crippen LogP contribution >= 0.6 is 0 Å². The summed E-state index contributed by atoms with van der Waals surface area (Å²) >= 11 is 0. The maximum atomic E-state index is 12.0. The van der Waals surface area contributed by atoms with Gasteiger partial charge in [0.25, 0.3) is 0 Å². The number of rotatable bonds is 36. The Morgan fingerprint density at radius 1 is 0.562 bits per heavy atom. The first-order chi connectivity index (χ1) is 23.4. The maximum Gasteiger partial charge on any atom is 0.305 e. The molecule has 280 valence electrons. The summed E-state index contributed by atoms with van der Waals surface area (Å²) in [4.78, 5) is 35.6. The fraction of sp³-hybridized carbons (Fsp3) is 0.833. The van der Waals surface area contributed by atoms with Crippen molar-refractivity contribution in [1.29, 1.82) is 0 Å². The number of ether oxygens (including phenoxy) is 2. The largest absolute Gasteiger partial charge is 0.463 e. The van der Waals surface area contributed by atoms with Crippen LogP contribution in [0.5, 0.6) is 0 Å². The first-order valence-electron chi connectivity index (χ1n) is 20.2. The monoisotopic (exact) mass is 677 g/mol. The molecule has 1 unspecified atom stereocenters. The van der Waals surface area contributed by atoms with Crippen molar-refractivity contribution in [3.63, 3.8) is 0 Å². The van der Waals surface area contributed by atoms with E-state index in [0.717, 1.165) is 83.0 Å². The molecule has 2 atom stereocenters. The highest BCUT2D eigenvalue weighted by molar-refractivity contribution is 5.89. The first kappa shape index (κ1) is 46.0. The fourth-order valence-electron chi connectivity index (χ4n) is 5.69.